The first-order valence-corrected chi connectivity index (χ1v) is 6.45. The zero-order valence-corrected chi connectivity index (χ0v) is 10.8. The number of rotatable bonds is 6. The van der Waals surface area contributed by atoms with E-state index in [9.17, 15) is 4.79 Å². The summed E-state index contributed by atoms with van der Waals surface area (Å²) in [5.74, 6) is 0.578. The van der Waals surface area contributed by atoms with E-state index in [-0.39, 0.29) is 17.3 Å². The second-order valence-electron chi connectivity index (χ2n) is 4.22. The first-order valence-electron chi connectivity index (χ1n) is 6.07. The van der Waals surface area contributed by atoms with Crippen LogP contribution in [0.2, 0.25) is 5.15 Å². The summed E-state index contributed by atoms with van der Waals surface area (Å²) < 4.78 is 3.41. The smallest absolute Gasteiger partial charge is 0.260 e. The molecular formula is C12H16ClN3O2. The van der Waals surface area contributed by atoms with Crippen molar-refractivity contribution in [3.63, 3.8) is 0 Å². The van der Waals surface area contributed by atoms with E-state index >= 15 is 0 Å². The molecule has 0 saturated heterocycles. The van der Waals surface area contributed by atoms with Crippen LogP contribution >= 0.6 is 11.6 Å². The topological polar surface area (TPSA) is 59.5 Å². The molecule has 0 aromatic carbocycles. The van der Waals surface area contributed by atoms with E-state index in [1.165, 1.54) is 10.5 Å². The molecule has 0 amide bonds. The van der Waals surface area contributed by atoms with Crippen LogP contribution in [0.5, 0.6) is 0 Å². The molecule has 0 fully saturated rings. The lowest BCUT2D eigenvalue weighted by Gasteiger charge is -2.04. The van der Waals surface area contributed by atoms with Gasteiger partial charge in [0, 0.05) is 31.6 Å². The Labute approximate surface area is 110 Å². The molecule has 0 unspecified atom stereocenters. The molecule has 5 nitrogen and oxygen atoms in total. The lowest BCUT2D eigenvalue weighted by molar-refractivity contribution is 0.282. The number of hydrogen-bond donors (Lipinski definition) is 1. The van der Waals surface area contributed by atoms with Crippen LogP contribution in [0.25, 0.3) is 5.78 Å². The molecule has 0 radical (unpaired) electrons. The summed E-state index contributed by atoms with van der Waals surface area (Å²) in [4.78, 5) is 15.8. The number of unbranched alkanes of at least 4 members (excludes halogenated alkanes) is 3. The molecule has 18 heavy (non-hydrogen) atoms. The molecule has 0 atom stereocenters. The van der Waals surface area contributed by atoms with Gasteiger partial charge in [0.05, 0.1) is 0 Å². The molecule has 0 bridgehead atoms. The van der Waals surface area contributed by atoms with Crippen molar-refractivity contribution in [1.29, 1.82) is 0 Å². The van der Waals surface area contributed by atoms with Gasteiger partial charge in [-0.25, -0.2) is 4.98 Å². The van der Waals surface area contributed by atoms with Gasteiger partial charge in [0.1, 0.15) is 5.15 Å². The first-order chi connectivity index (χ1) is 8.72. The molecule has 6 heteroatoms. The highest BCUT2D eigenvalue weighted by molar-refractivity contribution is 6.29. The van der Waals surface area contributed by atoms with Gasteiger partial charge < -0.3 is 9.67 Å². The van der Waals surface area contributed by atoms with Crippen LogP contribution in [-0.2, 0) is 6.54 Å². The maximum Gasteiger partial charge on any atom is 0.260 e. The third kappa shape index (κ3) is 2.91. The monoisotopic (exact) mass is 269 g/mol. The Kier molecular flexibility index (Phi) is 4.38. The van der Waals surface area contributed by atoms with Gasteiger partial charge in [0.15, 0.2) is 0 Å². The molecule has 2 aromatic heterocycles. The average Bonchev–Trinajstić information content (AvgIpc) is 2.72. The van der Waals surface area contributed by atoms with Gasteiger partial charge in [0.25, 0.3) is 5.56 Å². The van der Waals surface area contributed by atoms with Crippen molar-refractivity contribution in [2.75, 3.05) is 6.61 Å². The second kappa shape index (κ2) is 6.02. The number of aliphatic hydroxyl groups excluding tert-OH is 1. The minimum atomic E-state index is -0.163. The van der Waals surface area contributed by atoms with Crippen molar-refractivity contribution in [3.8, 4) is 0 Å². The molecule has 0 aliphatic heterocycles. The van der Waals surface area contributed by atoms with Crippen molar-refractivity contribution in [2.45, 2.75) is 32.2 Å². The number of nitrogens with zero attached hydrogens (tertiary/aromatic N) is 3. The van der Waals surface area contributed by atoms with Crippen LogP contribution < -0.4 is 5.56 Å². The van der Waals surface area contributed by atoms with Crippen molar-refractivity contribution < 1.29 is 5.11 Å². The first kappa shape index (κ1) is 13.1. The van der Waals surface area contributed by atoms with Gasteiger partial charge in [-0.2, -0.15) is 0 Å². The number of halogens is 1. The van der Waals surface area contributed by atoms with Crippen LogP contribution in [-0.4, -0.2) is 25.7 Å². The predicted octanol–water partition coefficient (Wildman–Crippen LogP) is 1.70. The zero-order chi connectivity index (χ0) is 13.0. The Morgan fingerprint density at radius 2 is 2.00 bits per heavy atom. The summed E-state index contributed by atoms with van der Waals surface area (Å²) in [5.41, 5.74) is -0.163. The van der Waals surface area contributed by atoms with Gasteiger partial charge in [-0.15, -0.1) is 0 Å². The van der Waals surface area contributed by atoms with E-state index in [1.54, 1.807) is 6.20 Å². The molecule has 0 spiro atoms. The minimum absolute atomic E-state index is 0.163. The SMILES string of the molecule is O=c1cc(Cl)nc2n(CCCCCCO)ccn12. The largest absolute Gasteiger partial charge is 0.396 e. The molecule has 2 rings (SSSR count). The third-order valence-corrected chi connectivity index (χ3v) is 3.06. The summed E-state index contributed by atoms with van der Waals surface area (Å²) in [5, 5.41) is 8.91. The lowest BCUT2D eigenvalue weighted by atomic mass is 10.2. The Morgan fingerprint density at radius 3 is 2.78 bits per heavy atom. The van der Waals surface area contributed by atoms with Crippen LogP contribution in [0.3, 0.4) is 0 Å². The van der Waals surface area contributed by atoms with Gasteiger partial charge in [-0.3, -0.25) is 9.20 Å². The van der Waals surface area contributed by atoms with Crippen molar-refractivity contribution in [3.05, 3.63) is 34.0 Å². The van der Waals surface area contributed by atoms with Gasteiger partial charge in [-0.1, -0.05) is 24.4 Å². The molecule has 0 aliphatic carbocycles. The maximum absolute atomic E-state index is 11.6. The van der Waals surface area contributed by atoms with Gasteiger partial charge in [-0.05, 0) is 12.8 Å². The van der Waals surface area contributed by atoms with E-state index in [0.717, 1.165) is 32.2 Å². The van der Waals surface area contributed by atoms with Crippen LogP contribution in [0, 0.1) is 0 Å². The third-order valence-electron chi connectivity index (χ3n) is 2.86. The summed E-state index contributed by atoms with van der Waals surface area (Å²) in [7, 11) is 0. The van der Waals surface area contributed by atoms with Crippen LogP contribution in [0.4, 0.5) is 0 Å². The zero-order valence-electron chi connectivity index (χ0n) is 10.0. The Balaban J connectivity index is 2.07. The number of aromatic nitrogens is 3. The van der Waals surface area contributed by atoms with E-state index in [0.29, 0.717) is 5.78 Å². The van der Waals surface area contributed by atoms with E-state index in [1.807, 2.05) is 10.8 Å². The molecule has 2 aromatic rings. The summed E-state index contributed by atoms with van der Waals surface area (Å²) in [6.07, 6.45) is 7.45. The number of aryl methyl sites for hydroxylation is 1. The van der Waals surface area contributed by atoms with Crippen molar-refractivity contribution in [1.82, 2.24) is 14.0 Å². The van der Waals surface area contributed by atoms with E-state index in [4.69, 9.17) is 16.7 Å². The predicted molar refractivity (Wildman–Crippen MR) is 70.0 cm³/mol. The van der Waals surface area contributed by atoms with Crippen molar-refractivity contribution in [2.24, 2.45) is 0 Å². The molecular weight excluding hydrogens is 254 g/mol. The van der Waals surface area contributed by atoms with Gasteiger partial charge >= 0.3 is 0 Å². The Bertz CT molecular complexity index is 576. The fraction of sp³-hybridized carbons (Fsp3) is 0.500. The van der Waals surface area contributed by atoms with Crippen LogP contribution in [0.15, 0.2) is 23.3 Å². The van der Waals surface area contributed by atoms with Crippen molar-refractivity contribution >= 4 is 17.4 Å². The summed E-state index contributed by atoms with van der Waals surface area (Å²) in [6, 6.07) is 1.31. The molecule has 0 saturated carbocycles. The quantitative estimate of drug-likeness (QED) is 0.641. The highest BCUT2D eigenvalue weighted by Gasteiger charge is 2.05. The van der Waals surface area contributed by atoms with Crippen LogP contribution in [0.1, 0.15) is 25.7 Å². The van der Waals surface area contributed by atoms with Gasteiger partial charge in [0.2, 0.25) is 5.78 Å². The Hall–Kier alpha value is -1.33. The lowest BCUT2D eigenvalue weighted by Crippen LogP contribution is -2.13. The highest BCUT2D eigenvalue weighted by atomic mass is 35.5. The minimum Gasteiger partial charge on any atom is -0.396 e. The second-order valence-corrected chi connectivity index (χ2v) is 4.60. The Morgan fingerprint density at radius 1 is 1.22 bits per heavy atom. The highest BCUT2D eigenvalue weighted by Crippen LogP contribution is 2.08. The van der Waals surface area contributed by atoms with E-state index in [2.05, 4.69) is 4.98 Å². The average molecular weight is 270 g/mol. The molecule has 1 N–H and O–H groups in total. The number of fused-ring (bicyclic) bond motifs is 1. The fourth-order valence-electron chi connectivity index (χ4n) is 1.93. The molecule has 0 aliphatic rings. The number of imidazole rings is 1. The molecule has 98 valence electrons. The van der Waals surface area contributed by atoms with E-state index < -0.39 is 0 Å². The number of aliphatic hydroxyl groups is 1. The fourth-order valence-corrected chi connectivity index (χ4v) is 2.10. The number of hydrogen-bond acceptors (Lipinski definition) is 3. The maximum atomic E-state index is 11.6. The summed E-state index contributed by atoms with van der Waals surface area (Å²) in [6.45, 7) is 1.05. The molecule has 2 heterocycles. The normalized spacial score (nSPS) is 11.2. The standard InChI is InChI=1S/C12H16ClN3O2/c13-10-9-11(18)16-7-6-15(12(16)14-10)5-3-1-2-4-8-17/h6-7,9,17H,1-5,8H2. The summed E-state index contributed by atoms with van der Waals surface area (Å²) >= 11 is 5.79.